The Hall–Kier alpha value is -2.70. The molecule has 0 aromatic heterocycles. The van der Waals surface area contributed by atoms with Crippen LogP contribution < -0.4 is 5.32 Å². The quantitative estimate of drug-likeness (QED) is 0.393. The molecule has 0 bridgehead atoms. The van der Waals surface area contributed by atoms with E-state index in [0.29, 0.717) is 13.0 Å². The third-order valence-corrected chi connectivity index (χ3v) is 6.10. The molecule has 33 heavy (non-hydrogen) atoms. The van der Waals surface area contributed by atoms with Crippen LogP contribution in [0.5, 0.6) is 0 Å². The van der Waals surface area contributed by atoms with Gasteiger partial charge in [0.25, 0.3) is 0 Å². The lowest BCUT2D eigenvalue weighted by Crippen LogP contribution is -2.51. The average molecular weight is 532 g/mol. The summed E-state index contributed by atoms with van der Waals surface area (Å²) in [4.78, 5) is 28.2. The van der Waals surface area contributed by atoms with Crippen LogP contribution in [0.3, 0.4) is 0 Å². The summed E-state index contributed by atoms with van der Waals surface area (Å²) in [5.74, 6) is -1.19. The van der Waals surface area contributed by atoms with Gasteiger partial charge in [-0.3, -0.25) is 9.59 Å². The molecule has 0 aliphatic carbocycles. The van der Waals surface area contributed by atoms with Gasteiger partial charge >= 0.3 is 0 Å². The van der Waals surface area contributed by atoms with Gasteiger partial charge in [-0.25, -0.2) is 4.39 Å². The summed E-state index contributed by atoms with van der Waals surface area (Å²) in [5.41, 5.74) is 1.89. The maximum atomic E-state index is 14.4. The molecule has 3 rings (SSSR count). The Morgan fingerprint density at radius 2 is 1.73 bits per heavy atom. The molecule has 1 atom stereocenters. The Bertz CT molecular complexity index is 1090. The SMILES string of the molecule is CCNC(=O)[C@@H](Cc1ccccc1)N(Cc1cccc(Br)c1)C(=O)Cc1c(F)cccc1Cl. The number of carbonyl (C=O) groups is 2. The third kappa shape index (κ3) is 6.89. The lowest BCUT2D eigenvalue weighted by molar-refractivity contribution is -0.140. The van der Waals surface area contributed by atoms with Crippen molar-refractivity contribution in [2.24, 2.45) is 0 Å². The van der Waals surface area contributed by atoms with Crippen LogP contribution in [0, 0.1) is 5.82 Å². The van der Waals surface area contributed by atoms with E-state index in [1.807, 2.05) is 61.5 Å². The predicted octanol–water partition coefficient (Wildman–Crippen LogP) is 5.56. The number of benzene rings is 3. The van der Waals surface area contributed by atoms with Crippen LogP contribution in [-0.4, -0.2) is 29.3 Å². The normalized spacial score (nSPS) is 11.6. The van der Waals surface area contributed by atoms with E-state index in [0.717, 1.165) is 15.6 Å². The maximum absolute atomic E-state index is 14.4. The zero-order valence-corrected chi connectivity index (χ0v) is 20.6. The Balaban J connectivity index is 1.99. The molecule has 0 unspecified atom stereocenters. The fourth-order valence-electron chi connectivity index (χ4n) is 3.63. The van der Waals surface area contributed by atoms with E-state index in [1.165, 1.54) is 17.0 Å². The molecule has 2 amide bonds. The number of halogens is 3. The molecule has 0 radical (unpaired) electrons. The first-order valence-electron chi connectivity index (χ1n) is 10.7. The molecule has 0 aliphatic rings. The third-order valence-electron chi connectivity index (χ3n) is 5.25. The average Bonchev–Trinajstić information content (AvgIpc) is 2.79. The first-order chi connectivity index (χ1) is 15.9. The number of nitrogens with one attached hydrogen (secondary N) is 1. The van der Waals surface area contributed by atoms with Gasteiger partial charge in [-0.05, 0) is 42.3 Å². The van der Waals surface area contributed by atoms with Gasteiger partial charge in [-0.2, -0.15) is 0 Å². The van der Waals surface area contributed by atoms with Crippen LogP contribution in [0.1, 0.15) is 23.6 Å². The fourth-order valence-corrected chi connectivity index (χ4v) is 4.31. The minimum absolute atomic E-state index is 0.123. The summed E-state index contributed by atoms with van der Waals surface area (Å²) in [6.07, 6.45) is 0.0849. The first-order valence-corrected chi connectivity index (χ1v) is 11.8. The number of nitrogens with zero attached hydrogens (tertiary/aromatic N) is 1. The lowest BCUT2D eigenvalue weighted by atomic mass is 10.0. The lowest BCUT2D eigenvalue weighted by Gasteiger charge is -2.31. The highest BCUT2D eigenvalue weighted by Crippen LogP contribution is 2.23. The zero-order valence-electron chi connectivity index (χ0n) is 18.2. The molecule has 0 fully saturated rings. The second-order valence-electron chi connectivity index (χ2n) is 7.63. The highest BCUT2D eigenvalue weighted by Gasteiger charge is 2.31. The molecular formula is C26H25BrClFN2O2. The summed E-state index contributed by atoms with van der Waals surface area (Å²) in [6, 6.07) is 20.6. The Morgan fingerprint density at radius 1 is 1.03 bits per heavy atom. The van der Waals surface area contributed by atoms with Crippen molar-refractivity contribution in [3.63, 3.8) is 0 Å². The number of amides is 2. The highest BCUT2D eigenvalue weighted by molar-refractivity contribution is 9.10. The van der Waals surface area contributed by atoms with Crippen LogP contribution in [0.15, 0.2) is 77.3 Å². The first kappa shape index (κ1) is 24.9. The molecule has 7 heteroatoms. The standard InChI is InChI=1S/C26H25BrClFN2O2/c1-2-30-26(33)24(15-18-8-4-3-5-9-18)31(17-19-10-6-11-20(27)14-19)25(32)16-21-22(28)12-7-13-23(21)29/h3-14,24H,2,15-17H2,1H3,(H,30,33)/t24-/m1/s1. The summed E-state index contributed by atoms with van der Waals surface area (Å²) in [7, 11) is 0. The molecule has 172 valence electrons. The molecule has 1 N–H and O–H groups in total. The van der Waals surface area contributed by atoms with Crippen LogP contribution in [-0.2, 0) is 29.0 Å². The Morgan fingerprint density at radius 3 is 2.39 bits per heavy atom. The van der Waals surface area contributed by atoms with Crippen LogP contribution in [0.4, 0.5) is 4.39 Å². The van der Waals surface area contributed by atoms with E-state index in [1.54, 1.807) is 6.07 Å². The van der Waals surface area contributed by atoms with E-state index in [2.05, 4.69) is 21.2 Å². The van der Waals surface area contributed by atoms with Crippen molar-refractivity contribution >= 4 is 39.3 Å². The van der Waals surface area contributed by atoms with Crippen molar-refractivity contribution in [1.29, 1.82) is 0 Å². The monoisotopic (exact) mass is 530 g/mol. The van der Waals surface area contributed by atoms with E-state index >= 15 is 0 Å². The second-order valence-corrected chi connectivity index (χ2v) is 8.95. The number of hydrogen-bond acceptors (Lipinski definition) is 2. The molecule has 3 aromatic rings. The second kappa shape index (κ2) is 12.0. The molecule has 0 saturated carbocycles. The Kier molecular flexibility index (Phi) is 9.03. The molecule has 3 aromatic carbocycles. The molecule has 0 saturated heterocycles. The minimum atomic E-state index is -0.774. The Labute approximate surface area is 206 Å². The largest absolute Gasteiger partial charge is 0.355 e. The number of hydrogen-bond donors (Lipinski definition) is 1. The highest BCUT2D eigenvalue weighted by atomic mass is 79.9. The molecule has 0 spiro atoms. The van der Waals surface area contributed by atoms with E-state index in [-0.39, 0.29) is 35.4 Å². The van der Waals surface area contributed by atoms with Crippen molar-refractivity contribution in [3.8, 4) is 0 Å². The van der Waals surface area contributed by atoms with Crippen molar-refractivity contribution in [2.45, 2.75) is 32.4 Å². The van der Waals surface area contributed by atoms with E-state index in [4.69, 9.17) is 11.6 Å². The van der Waals surface area contributed by atoms with Gasteiger partial charge in [0.05, 0.1) is 6.42 Å². The summed E-state index contributed by atoms with van der Waals surface area (Å²) in [5, 5.41) is 3.03. The van der Waals surface area contributed by atoms with Crippen molar-refractivity contribution in [3.05, 3.63) is 105 Å². The van der Waals surface area contributed by atoms with Gasteiger partial charge in [0.2, 0.25) is 11.8 Å². The van der Waals surface area contributed by atoms with Crippen LogP contribution >= 0.6 is 27.5 Å². The van der Waals surface area contributed by atoms with Crippen molar-refractivity contribution in [1.82, 2.24) is 10.2 Å². The predicted molar refractivity (Wildman–Crippen MR) is 132 cm³/mol. The van der Waals surface area contributed by atoms with Crippen molar-refractivity contribution in [2.75, 3.05) is 6.54 Å². The maximum Gasteiger partial charge on any atom is 0.243 e. The van der Waals surface area contributed by atoms with E-state index in [9.17, 15) is 14.0 Å². The summed E-state index contributed by atoms with van der Waals surface area (Å²) in [6.45, 7) is 2.46. The molecule has 0 heterocycles. The fraction of sp³-hybridized carbons (Fsp3) is 0.231. The number of likely N-dealkylation sites (N-methyl/N-ethyl adjacent to an activating group) is 1. The van der Waals surface area contributed by atoms with Crippen LogP contribution in [0.25, 0.3) is 0 Å². The van der Waals surface area contributed by atoms with Gasteiger partial charge < -0.3 is 10.2 Å². The summed E-state index contributed by atoms with van der Waals surface area (Å²) >= 11 is 9.64. The topological polar surface area (TPSA) is 49.4 Å². The molecule has 4 nitrogen and oxygen atoms in total. The van der Waals surface area contributed by atoms with Gasteiger partial charge in [-0.15, -0.1) is 0 Å². The smallest absolute Gasteiger partial charge is 0.243 e. The van der Waals surface area contributed by atoms with Gasteiger partial charge in [0.1, 0.15) is 11.9 Å². The number of carbonyl (C=O) groups excluding carboxylic acids is 2. The molecule has 0 aliphatic heterocycles. The van der Waals surface area contributed by atoms with Crippen molar-refractivity contribution < 1.29 is 14.0 Å². The zero-order chi connectivity index (χ0) is 23.8. The van der Waals surface area contributed by atoms with Gasteiger partial charge in [-0.1, -0.05) is 76.1 Å². The minimum Gasteiger partial charge on any atom is -0.355 e. The van der Waals surface area contributed by atoms with Crippen LogP contribution in [0.2, 0.25) is 5.02 Å². The summed E-state index contributed by atoms with van der Waals surface area (Å²) < 4.78 is 15.3. The molecular weight excluding hydrogens is 507 g/mol. The van der Waals surface area contributed by atoms with Gasteiger partial charge in [0, 0.05) is 34.6 Å². The van der Waals surface area contributed by atoms with Gasteiger partial charge in [0.15, 0.2) is 0 Å². The number of rotatable bonds is 9. The van der Waals surface area contributed by atoms with E-state index < -0.39 is 11.9 Å².